The number of primary amides is 1. The fourth-order valence-electron chi connectivity index (χ4n) is 2.63. The number of amides is 1. The summed E-state index contributed by atoms with van der Waals surface area (Å²) in [6.07, 6.45) is 1.80. The van der Waals surface area contributed by atoms with Crippen molar-refractivity contribution >= 4 is 6.09 Å². The molecule has 2 N–H and O–H groups in total. The molecule has 0 saturated carbocycles. The van der Waals surface area contributed by atoms with Gasteiger partial charge in [-0.15, -0.1) is 0 Å². The summed E-state index contributed by atoms with van der Waals surface area (Å²) < 4.78 is 6.16. The van der Waals surface area contributed by atoms with Gasteiger partial charge in [0.05, 0.1) is 20.1 Å². The molecular weight excluding hydrogens is 168 g/mol. The van der Waals surface area contributed by atoms with E-state index in [1.165, 1.54) is 25.9 Å². The predicted molar refractivity (Wildman–Crippen MR) is 48.0 cm³/mol. The molecule has 1 atom stereocenters. The summed E-state index contributed by atoms with van der Waals surface area (Å²) >= 11 is 0. The summed E-state index contributed by atoms with van der Waals surface area (Å²) in [4.78, 5) is 10.6. The fourth-order valence-corrected chi connectivity index (χ4v) is 2.63. The topological polar surface area (TPSA) is 52.3 Å². The molecule has 3 rings (SSSR count). The first-order valence-electron chi connectivity index (χ1n) is 4.89. The molecule has 3 aliphatic heterocycles. The fraction of sp³-hybridized carbons (Fsp3) is 0.889. The van der Waals surface area contributed by atoms with Gasteiger partial charge in [0.25, 0.3) is 0 Å². The number of carbonyl (C=O) groups excluding carboxylic acids is 1. The van der Waals surface area contributed by atoms with E-state index in [4.69, 9.17) is 10.5 Å². The van der Waals surface area contributed by atoms with E-state index in [0.29, 0.717) is 5.92 Å². The molecular formula is C9H17N2O2+. The molecule has 4 heteroatoms. The zero-order chi connectivity index (χ0) is 9.47. The monoisotopic (exact) mass is 185 g/mol. The Bertz CT molecular complexity index is 222. The molecule has 1 amide bonds. The largest absolute Gasteiger partial charge is 0.440 e. The number of hydrogen-bond donors (Lipinski definition) is 1. The van der Waals surface area contributed by atoms with Gasteiger partial charge < -0.3 is 15.0 Å². The first kappa shape index (κ1) is 8.81. The van der Waals surface area contributed by atoms with Gasteiger partial charge in [-0.05, 0) is 0 Å². The van der Waals surface area contributed by atoms with Gasteiger partial charge in [-0.2, -0.15) is 0 Å². The van der Waals surface area contributed by atoms with Gasteiger partial charge in [0.15, 0.2) is 6.10 Å². The summed E-state index contributed by atoms with van der Waals surface area (Å²) in [7, 11) is 2.23. The second-order valence-corrected chi connectivity index (χ2v) is 4.56. The van der Waals surface area contributed by atoms with Gasteiger partial charge in [-0.1, -0.05) is 0 Å². The standard InChI is InChI=1S/C9H16N2O2/c1-11-4-2-7(3-5-11)8(6-11)13-9(10)12/h7-8H,2-6H2,1H3,(H-,10,12)/p+1. The summed E-state index contributed by atoms with van der Waals surface area (Å²) in [5.41, 5.74) is 5.03. The molecule has 0 spiro atoms. The van der Waals surface area contributed by atoms with E-state index in [0.717, 1.165) is 11.0 Å². The Kier molecular flexibility index (Phi) is 1.95. The average molecular weight is 185 g/mol. The van der Waals surface area contributed by atoms with Gasteiger partial charge in [-0.25, -0.2) is 4.79 Å². The van der Waals surface area contributed by atoms with E-state index >= 15 is 0 Å². The number of quaternary nitrogens is 1. The molecule has 1 unspecified atom stereocenters. The second-order valence-electron chi connectivity index (χ2n) is 4.56. The Hall–Kier alpha value is -0.770. The van der Waals surface area contributed by atoms with E-state index < -0.39 is 6.09 Å². The third kappa shape index (κ3) is 1.63. The molecule has 0 aliphatic carbocycles. The van der Waals surface area contributed by atoms with Crippen LogP contribution in [0.2, 0.25) is 0 Å². The number of nitrogens with zero attached hydrogens (tertiary/aromatic N) is 1. The molecule has 4 nitrogen and oxygen atoms in total. The van der Waals surface area contributed by atoms with Crippen molar-refractivity contribution in [1.29, 1.82) is 0 Å². The van der Waals surface area contributed by atoms with Crippen molar-refractivity contribution < 1.29 is 14.0 Å². The minimum absolute atomic E-state index is 0.0741. The smallest absolute Gasteiger partial charge is 0.404 e. The predicted octanol–water partition coefficient (Wildman–Crippen LogP) is 0.321. The second kappa shape index (κ2) is 2.87. The Labute approximate surface area is 78.2 Å². The van der Waals surface area contributed by atoms with Crippen LogP contribution in [0.15, 0.2) is 0 Å². The van der Waals surface area contributed by atoms with Gasteiger partial charge in [0.2, 0.25) is 0 Å². The lowest BCUT2D eigenvalue weighted by Gasteiger charge is -2.49. The summed E-state index contributed by atoms with van der Waals surface area (Å²) in [5, 5.41) is 0. The van der Waals surface area contributed by atoms with Gasteiger partial charge >= 0.3 is 6.09 Å². The maximum absolute atomic E-state index is 10.6. The molecule has 3 heterocycles. The van der Waals surface area contributed by atoms with Crippen molar-refractivity contribution in [2.24, 2.45) is 11.7 Å². The number of hydrogen-bond acceptors (Lipinski definition) is 2. The number of nitrogens with two attached hydrogens (primary N) is 1. The molecule has 13 heavy (non-hydrogen) atoms. The van der Waals surface area contributed by atoms with E-state index in [2.05, 4.69) is 7.05 Å². The molecule has 0 aromatic heterocycles. The van der Waals surface area contributed by atoms with Crippen molar-refractivity contribution in [3.8, 4) is 0 Å². The quantitative estimate of drug-likeness (QED) is 0.598. The normalized spacial score (nSPS) is 43.2. The zero-order valence-corrected chi connectivity index (χ0v) is 8.03. The van der Waals surface area contributed by atoms with Crippen molar-refractivity contribution in [1.82, 2.24) is 0 Å². The van der Waals surface area contributed by atoms with E-state index in [1.807, 2.05) is 0 Å². The zero-order valence-electron chi connectivity index (χ0n) is 8.03. The van der Waals surface area contributed by atoms with Crippen LogP contribution in [-0.2, 0) is 4.74 Å². The number of ether oxygens (including phenoxy) is 1. The first-order chi connectivity index (χ1) is 6.09. The highest BCUT2D eigenvalue weighted by Gasteiger charge is 2.44. The number of carbonyl (C=O) groups is 1. The molecule has 0 radical (unpaired) electrons. The van der Waals surface area contributed by atoms with Crippen molar-refractivity contribution in [3.63, 3.8) is 0 Å². The third-order valence-corrected chi connectivity index (χ3v) is 3.49. The molecule has 0 aromatic rings. The highest BCUT2D eigenvalue weighted by molar-refractivity contribution is 5.64. The number of likely N-dealkylation sites (N-methyl/N-ethyl adjacent to an activating group) is 1. The Balaban J connectivity index is 2.03. The number of rotatable bonds is 1. The van der Waals surface area contributed by atoms with Gasteiger partial charge in [0, 0.05) is 18.8 Å². The average Bonchev–Trinajstić information content (AvgIpc) is 2.02. The Morgan fingerprint density at radius 3 is 2.54 bits per heavy atom. The SMILES string of the molecule is C[N+]12CCC(CC1)C(OC(N)=O)C2. The number of piperidine rings is 3. The van der Waals surface area contributed by atoms with Crippen LogP contribution < -0.4 is 5.73 Å². The van der Waals surface area contributed by atoms with Crippen LogP contribution in [0.4, 0.5) is 4.79 Å². The van der Waals surface area contributed by atoms with E-state index in [-0.39, 0.29) is 6.10 Å². The van der Waals surface area contributed by atoms with Crippen LogP contribution in [0.25, 0.3) is 0 Å². The minimum Gasteiger partial charge on any atom is -0.440 e. The van der Waals surface area contributed by atoms with Crippen molar-refractivity contribution in [2.45, 2.75) is 18.9 Å². The van der Waals surface area contributed by atoms with Crippen LogP contribution in [0.5, 0.6) is 0 Å². The molecule has 0 aromatic carbocycles. The first-order valence-corrected chi connectivity index (χ1v) is 4.89. The lowest BCUT2D eigenvalue weighted by atomic mass is 9.84. The molecule has 3 saturated heterocycles. The van der Waals surface area contributed by atoms with Crippen LogP contribution in [0.1, 0.15) is 12.8 Å². The molecule has 2 bridgehead atoms. The van der Waals surface area contributed by atoms with Crippen molar-refractivity contribution in [2.75, 3.05) is 26.7 Å². The lowest BCUT2D eigenvalue weighted by molar-refractivity contribution is -0.928. The highest BCUT2D eigenvalue weighted by atomic mass is 16.6. The minimum atomic E-state index is -0.620. The highest BCUT2D eigenvalue weighted by Crippen LogP contribution is 2.33. The molecule has 3 aliphatic rings. The summed E-state index contributed by atoms with van der Waals surface area (Å²) in [5.74, 6) is 0.562. The van der Waals surface area contributed by atoms with E-state index in [1.54, 1.807) is 0 Å². The van der Waals surface area contributed by atoms with Gasteiger partial charge in [-0.3, -0.25) is 0 Å². The van der Waals surface area contributed by atoms with Gasteiger partial charge in [0.1, 0.15) is 6.54 Å². The van der Waals surface area contributed by atoms with Crippen molar-refractivity contribution in [3.05, 3.63) is 0 Å². The Morgan fingerprint density at radius 2 is 2.08 bits per heavy atom. The summed E-state index contributed by atoms with van der Waals surface area (Å²) in [6, 6.07) is 0. The van der Waals surface area contributed by atoms with Crippen LogP contribution in [0.3, 0.4) is 0 Å². The van der Waals surface area contributed by atoms with Crippen LogP contribution in [0, 0.1) is 5.92 Å². The maximum atomic E-state index is 10.6. The molecule has 74 valence electrons. The third-order valence-electron chi connectivity index (χ3n) is 3.49. The number of fused-ring (bicyclic) bond motifs is 3. The molecule has 3 fully saturated rings. The summed E-state index contributed by atoms with van der Waals surface area (Å²) in [6.45, 7) is 3.40. The van der Waals surface area contributed by atoms with Crippen LogP contribution >= 0.6 is 0 Å². The lowest BCUT2D eigenvalue weighted by Crippen LogP contribution is -2.62. The Morgan fingerprint density at radius 1 is 1.46 bits per heavy atom. The maximum Gasteiger partial charge on any atom is 0.404 e. The van der Waals surface area contributed by atoms with Crippen LogP contribution in [-0.4, -0.2) is 43.4 Å². The van der Waals surface area contributed by atoms with E-state index in [9.17, 15) is 4.79 Å².